The van der Waals surface area contributed by atoms with Crippen LogP contribution < -0.4 is 14.8 Å². The Morgan fingerprint density at radius 2 is 2.00 bits per heavy atom. The van der Waals surface area contributed by atoms with Gasteiger partial charge in [-0.2, -0.15) is 0 Å². The topological polar surface area (TPSA) is 83.1 Å². The van der Waals surface area contributed by atoms with Crippen molar-refractivity contribution in [1.82, 2.24) is 5.32 Å². The fraction of sp³-hybridized carbons (Fsp3) is 0.429. The smallest absolute Gasteiger partial charge is 0.407 e. The van der Waals surface area contributed by atoms with Gasteiger partial charge in [-0.25, -0.2) is 9.59 Å². The van der Waals surface area contributed by atoms with Crippen LogP contribution in [0.2, 0.25) is 0 Å². The van der Waals surface area contributed by atoms with Crippen molar-refractivity contribution in [3.05, 3.63) is 23.8 Å². The van der Waals surface area contributed by atoms with Crippen molar-refractivity contribution in [2.24, 2.45) is 0 Å². The minimum atomic E-state index is -0.757. The van der Waals surface area contributed by atoms with Gasteiger partial charge in [-0.3, -0.25) is 0 Å². The van der Waals surface area contributed by atoms with Gasteiger partial charge in [0.15, 0.2) is 11.5 Å². The maximum atomic E-state index is 11.6. The zero-order valence-electron chi connectivity index (χ0n) is 11.9. The minimum Gasteiger partial charge on any atom is -0.467 e. The molecule has 21 heavy (non-hydrogen) atoms. The summed E-state index contributed by atoms with van der Waals surface area (Å²) in [4.78, 5) is 22.9. The number of methoxy groups -OCH3 is 2. The van der Waals surface area contributed by atoms with Gasteiger partial charge in [0.1, 0.15) is 6.04 Å². The summed E-state index contributed by atoms with van der Waals surface area (Å²) in [6, 6.07) is 4.81. The van der Waals surface area contributed by atoms with E-state index < -0.39 is 18.1 Å². The molecule has 0 unspecified atom stereocenters. The summed E-state index contributed by atoms with van der Waals surface area (Å²) in [5.41, 5.74) is 0.972. The first-order valence-electron chi connectivity index (χ1n) is 6.45. The van der Waals surface area contributed by atoms with Gasteiger partial charge < -0.3 is 24.3 Å². The predicted molar refractivity (Wildman–Crippen MR) is 72.2 cm³/mol. The monoisotopic (exact) mass is 295 g/mol. The Morgan fingerprint density at radius 1 is 1.24 bits per heavy atom. The summed E-state index contributed by atoms with van der Waals surface area (Å²) in [6.45, 7) is 0.216. The maximum Gasteiger partial charge on any atom is 0.407 e. The molecule has 1 aromatic rings. The number of fused-ring (bicyclic) bond motifs is 1. The van der Waals surface area contributed by atoms with E-state index >= 15 is 0 Å². The van der Waals surface area contributed by atoms with Crippen LogP contribution in [0.15, 0.2) is 18.2 Å². The number of aryl methyl sites for hydroxylation is 1. The van der Waals surface area contributed by atoms with Crippen molar-refractivity contribution in [3.8, 4) is 11.5 Å². The van der Waals surface area contributed by atoms with Gasteiger partial charge in [0.05, 0.1) is 14.2 Å². The molecule has 0 radical (unpaired) electrons. The van der Waals surface area contributed by atoms with E-state index in [2.05, 4.69) is 14.8 Å². The van der Waals surface area contributed by atoms with Crippen LogP contribution >= 0.6 is 0 Å². The Kier molecular flexibility index (Phi) is 4.86. The van der Waals surface area contributed by atoms with Crippen LogP contribution in [0, 0.1) is 0 Å². The molecule has 0 fully saturated rings. The van der Waals surface area contributed by atoms with E-state index in [1.54, 1.807) is 0 Å². The van der Waals surface area contributed by atoms with Crippen LogP contribution in [0.25, 0.3) is 0 Å². The van der Waals surface area contributed by atoms with E-state index in [1.165, 1.54) is 14.2 Å². The summed E-state index contributed by atoms with van der Waals surface area (Å²) in [5.74, 6) is 0.875. The van der Waals surface area contributed by atoms with Crippen molar-refractivity contribution in [1.29, 1.82) is 0 Å². The number of esters is 1. The third-order valence-electron chi connectivity index (χ3n) is 3.12. The average Bonchev–Trinajstić information content (AvgIpc) is 2.97. The zero-order valence-corrected chi connectivity index (χ0v) is 11.9. The third kappa shape index (κ3) is 3.77. The molecule has 1 aromatic carbocycles. The number of alkyl carbamates (subject to hydrolysis) is 1. The van der Waals surface area contributed by atoms with E-state index in [4.69, 9.17) is 9.47 Å². The Balaban J connectivity index is 1.97. The Morgan fingerprint density at radius 3 is 2.71 bits per heavy atom. The van der Waals surface area contributed by atoms with Crippen LogP contribution in [0.1, 0.15) is 12.0 Å². The van der Waals surface area contributed by atoms with Crippen LogP contribution in [0.3, 0.4) is 0 Å². The first-order valence-corrected chi connectivity index (χ1v) is 6.45. The molecule has 1 heterocycles. The number of hydrogen-bond donors (Lipinski definition) is 1. The second-order valence-electron chi connectivity index (χ2n) is 4.44. The molecule has 0 aromatic heterocycles. The van der Waals surface area contributed by atoms with Crippen LogP contribution in [-0.2, 0) is 20.7 Å². The molecule has 1 aliphatic rings. The molecule has 114 valence electrons. The average molecular weight is 295 g/mol. The van der Waals surface area contributed by atoms with Crippen LogP contribution in [-0.4, -0.2) is 39.1 Å². The second-order valence-corrected chi connectivity index (χ2v) is 4.44. The number of benzene rings is 1. The lowest BCUT2D eigenvalue weighted by Crippen LogP contribution is -2.41. The number of hydrogen-bond acceptors (Lipinski definition) is 6. The molecule has 1 aliphatic heterocycles. The highest BCUT2D eigenvalue weighted by Gasteiger charge is 2.22. The van der Waals surface area contributed by atoms with Gasteiger partial charge in [0.25, 0.3) is 0 Å². The third-order valence-corrected chi connectivity index (χ3v) is 3.12. The zero-order chi connectivity index (χ0) is 15.2. The number of carbonyl (C=O) groups is 2. The van der Waals surface area contributed by atoms with Crippen molar-refractivity contribution in [3.63, 3.8) is 0 Å². The molecule has 7 nitrogen and oxygen atoms in total. The van der Waals surface area contributed by atoms with Crippen molar-refractivity contribution >= 4 is 12.1 Å². The Hall–Kier alpha value is -2.44. The highest BCUT2D eigenvalue weighted by atomic mass is 16.7. The lowest BCUT2D eigenvalue weighted by Gasteiger charge is -2.15. The number of amides is 1. The van der Waals surface area contributed by atoms with Gasteiger partial charge >= 0.3 is 12.1 Å². The predicted octanol–water partition coefficient (Wildman–Crippen LogP) is 1.25. The van der Waals surface area contributed by atoms with E-state index in [9.17, 15) is 9.59 Å². The molecular weight excluding hydrogens is 278 g/mol. The van der Waals surface area contributed by atoms with Crippen molar-refractivity contribution in [2.45, 2.75) is 18.9 Å². The van der Waals surface area contributed by atoms with E-state index in [-0.39, 0.29) is 6.79 Å². The van der Waals surface area contributed by atoms with Gasteiger partial charge in [-0.05, 0) is 30.5 Å². The van der Waals surface area contributed by atoms with Gasteiger partial charge in [-0.15, -0.1) is 0 Å². The highest BCUT2D eigenvalue weighted by molar-refractivity contribution is 5.81. The molecule has 7 heteroatoms. The van der Waals surface area contributed by atoms with Gasteiger partial charge in [0.2, 0.25) is 6.79 Å². The molecule has 1 N–H and O–H groups in total. The molecule has 0 bridgehead atoms. The van der Waals surface area contributed by atoms with Crippen molar-refractivity contribution in [2.75, 3.05) is 21.0 Å². The standard InChI is InChI=1S/C14H17NO6/c1-18-13(16)10(15-14(17)19-2)5-3-9-4-6-11-12(7-9)21-8-20-11/h4,6-7,10H,3,5,8H2,1-2H3,(H,15,17)/t10-/m0/s1. The summed E-state index contributed by atoms with van der Waals surface area (Å²) in [6.07, 6.45) is 0.290. The quantitative estimate of drug-likeness (QED) is 0.823. The van der Waals surface area contributed by atoms with Gasteiger partial charge in [0, 0.05) is 0 Å². The fourth-order valence-electron chi connectivity index (χ4n) is 2.00. The van der Waals surface area contributed by atoms with Crippen LogP contribution in [0.4, 0.5) is 4.79 Å². The lowest BCUT2D eigenvalue weighted by atomic mass is 10.0. The molecule has 1 atom stereocenters. The SMILES string of the molecule is COC(=O)N[C@@H](CCc1ccc2c(c1)OCO2)C(=O)OC. The molecule has 0 aliphatic carbocycles. The summed E-state index contributed by atoms with van der Waals surface area (Å²) in [7, 11) is 2.51. The van der Waals surface area contributed by atoms with Crippen molar-refractivity contribution < 1.29 is 28.5 Å². The molecule has 0 saturated heterocycles. The Labute approximate surface area is 122 Å². The van der Waals surface area contributed by atoms with E-state index in [0.29, 0.717) is 24.3 Å². The van der Waals surface area contributed by atoms with Crippen LogP contribution in [0.5, 0.6) is 11.5 Å². The Bertz CT molecular complexity index is 530. The minimum absolute atomic E-state index is 0.216. The number of rotatable bonds is 5. The fourth-order valence-corrected chi connectivity index (χ4v) is 2.00. The summed E-state index contributed by atoms with van der Waals surface area (Å²) >= 11 is 0. The van der Waals surface area contributed by atoms with Gasteiger partial charge in [-0.1, -0.05) is 6.07 Å². The molecule has 0 spiro atoms. The summed E-state index contributed by atoms with van der Waals surface area (Å²) < 4.78 is 19.7. The highest BCUT2D eigenvalue weighted by Crippen LogP contribution is 2.32. The largest absolute Gasteiger partial charge is 0.467 e. The number of ether oxygens (including phenoxy) is 4. The normalized spacial score (nSPS) is 13.4. The number of carbonyl (C=O) groups excluding carboxylic acids is 2. The molecular formula is C14H17NO6. The lowest BCUT2D eigenvalue weighted by molar-refractivity contribution is -0.143. The van der Waals surface area contributed by atoms with E-state index in [0.717, 1.165) is 5.56 Å². The maximum absolute atomic E-state index is 11.6. The first-order chi connectivity index (χ1) is 10.1. The number of nitrogens with one attached hydrogen (secondary N) is 1. The summed E-state index contributed by atoms with van der Waals surface area (Å²) in [5, 5.41) is 2.45. The van der Waals surface area contributed by atoms with E-state index in [1.807, 2.05) is 18.2 Å². The molecule has 2 rings (SSSR count). The molecule has 1 amide bonds. The first kappa shape index (κ1) is 15.0. The second kappa shape index (κ2) is 6.83. The molecule has 0 saturated carbocycles.